The summed E-state index contributed by atoms with van der Waals surface area (Å²) in [7, 11) is 0. The lowest BCUT2D eigenvalue weighted by molar-refractivity contribution is 0.629. The number of aryl methyl sites for hydroxylation is 1. The molecule has 0 bridgehead atoms. The molecule has 0 amide bonds. The molecule has 0 spiro atoms. The first kappa shape index (κ1) is 9.58. The highest BCUT2D eigenvalue weighted by Gasteiger charge is 2.25. The molecule has 1 aliphatic carbocycles. The molecule has 1 aliphatic rings. The highest BCUT2D eigenvalue weighted by atomic mass is 19.1. The zero-order valence-corrected chi connectivity index (χ0v) is 9.03. The number of benzene rings is 1. The third-order valence-corrected chi connectivity index (χ3v) is 3.14. The highest BCUT2D eigenvalue weighted by molar-refractivity contribution is 5.84. The van der Waals surface area contributed by atoms with Crippen molar-refractivity contribution < 1.29 is 4.39 Å². The van der Waals surface area contributed by atoms with Gasteiger partial charge in [0, 0.05) is 12.2 Å². The summed E-state index contributed by atoms with van der Waals surface area (Å²) in [5, 5.41) is 1.34. The topological polar surface area (TPSA) is 22.0 Å². The Morgan fingerprint density at radius 2 is 2.06 bits per heavy atom. The van der Waals surface area contributed by atoms with E-state index in [0.717, 1.165) is 23.8 Å². The molecule has 1 aromatic carbocycles. The number of hydrogen-bond donors (Lipinski definition) is 0. The molecule has 0 N–H and O–H groups in total. The van der Waals surface area contributed by atoms with E-state index < -0.39 is 0 Å². The average Bonchev–Trinajstić information content (AvgIpc) is 3.07. The van der Waals surface area contributed by atoms with Gasteiger partial charge in [0.05, 0.1) is 5.39 Å². The number of pyridine rings is 1. The lowest BCUT2D eigenvalue weighted by Gasteiger charge is -2.08. The fraction of sp³-hybridized carbons (Fsp3) is 0.308. The van der Waals surface area contributed by atoms with Crippen molar-refractivity contribution in [3.8, 4) is 0 Å². The molecule has 0 aliphatic heterocycles. The summed E-state index contributed by atoms with van der Waals surface area (Å²) < 4.78 is 14.9. The van der Waals surface area contributed by atoms with Crippen molar-refractivity contribution >= 4 is 10.8 Å². The number of rotatable bonds is 1. The Labute approximate surface area is 92.3 Å². The van der Waals surface area contributed by atoms with E-state index in [1.807, 2.05) is 13.1 Å². The van der Waals surface area contributed by atoms with Crippen LogP contribution >= 0.6 is 0 Å². The largest absolute Gasteiger partial charge is 0.312 e. The van der Waals surface area contributed by atoms with E-state index in [1.54, 1.807) is 10.6 Å². The van der Waals surface area contributed by atoms with Crippen molar-refractivity contribution in [1.29, 1.82) is 0 Å². The SMILES string of the molecule is Cc1cn(C2CC2)c(=O)c2cc(F)ccc12. The third kappa shape index (κ3) is 1.35. The monoisotopic (exact) mass is 217 g/mol. The van der Waals surface area contributed by atoms with E-state index in [9.17, 15) is 9.18 Å². The van der Waals surface area contributed by atoms with Crippen LogP contribution < -0.4 is 5.56 Å². The van der Waals surface area contributed by atoms with Crippen LogP contribution in [0.2, 0.25) is 0 Å². The van der Waals surface area contributed by atoms with Crippen LogP contribution in [0.3, 0.4) is 0 Å². The molecule has 1 saturated carbocycles. The molecular weight excluding hydrogens is 205 g/mol. The number of hydrogen-bond acceptors (Lipinski definition) is 1. The van der Waals surface area contributed by atoms with Gasteiger partial charge in [-0.05, 0) is 42.8 Å². The first-order valence-electron chi connectivity index (χ1n) is 5.48. The highest BCUT2D eigenvalue weighted by Crippen LogP contribution is 2.34. The van der Waals surface area contributed by atoms with Crippen LogP contribution in [-0.4, -0.2) is 4.57 Å². The molecule has 3 heteroatoms. The van der Waals surface area contributed by atoms with Gasteiger partial charge in [0.25, 0.3) is 5.56 Å². The Morgan fingerprint density at radius 3 is 2.75 bits per heavy atom. The molecule has 2 aromatic rings. The smallest absolute Gasteiger partial charge is 0.258 e. The fourth-order valence-corrected chi connectivity index (χ4v) is 2.14. The first-order valence-corrected chi connectivity index (χ1v) is 5.48. The van der Waals surface area contributed by atoms with E-state index in [2.05, 4.69) is 0 Å². The molecule has 16 heavy (non-hydrogen) atoms. The van der Waals surface area contributed by atoms with Gasteiger partial charge in [-0.15, -0.1) is 0 Å². The maximum Gasteiger partial charge on any atom is 0.258 e. The van der Waals surface area contributed by atoms with Crippen LogP contribution in [0.4, 0.5) is 4.39 Å². The van der Waals surface area contributed by atoms with Gasteiger partial charge in [0.1, 0.15) is 5.82 Å². The van der Waals surface area contributed by atoms with Gasteiger partial charge in [-0.2, -0.15) is 0 Å². The standard InChI is InChI=1S/C13H12FNO/c1-8-7-15(10-3-4-10)13(16)12-6-9(14)2-5-11(8)12/h2,5-7,10H,3-4H2,1H3. The zero-order valence-electron chi connectivity index (χ0n) is 9.03. The number of aromatic nitrogens is 1. The molecule has 3 rings (SSSR count). The predicted molar refractivity (Wildman–Crippen MR) is 61.2 cm³/mol. The van der Waals surface area contributed by atoms with Crippen LogP contribution in [0.25, 0.3) is 10.8 Å². The zero-order chi connectivity index (χ0) is 11.3. The van der Waals surface area contributed by atoms with E-state index >= 15 is 0 Å². The minimum atomic E-state index is -0.349. The summed E-state index contributed by atoms with van der Waals surface area (Å²) in [6, 6.07) is 4.75. The summed E-state index contributed by atoms with van der Waals surface area (Å²) >= 11 is 0. The van der Waals surface area contributed by atoms with Crippen molar-refractivity contribution in [3.05, 3.63) is 46.1 Å². The van der Waals surface area contributed by atoms with Crippen molar-refractivity contribution in [2.24, 2.45) is 0 Å². The minimum Gasteiger partial charge on any atom is -0.312 e. The van der Waals surface area contributed by atoms with Crippen LogP contribution in [-0.2, 0) is 0 Å². The molecule has 1 heterocycles. The van der Waals surface area contributed by atoms with Crippen LogP contribution in [0.1, 0.15) is 24.4 Å². The molecule has 1 fully saturated rings. The molecule has 0 unspecified atom stereocenters. The van der Waals surface area contributed by atoms with E-state index in [4.69, 9.17) is 0 Å². The average molecular weight is 217 g/mol. The Balaban J connectivity index is 2.41. The normalized spacial score (nSPS) is 15.6. The van der Waals surface area contributed by atoms with E-state index in [1.165, 1.54) is 12.1 Å². The second kappa shape index (κ2) is 3.17. The van der Waals surface area contributed by atoms with Crippen molar-refractivity contribution in [1.82, 2.24) is 4.57 Å². The minimum absolute atomic E-state index is 0.0670. The Morgan fingerprint density at radius 1 is 1.31 bits per heavy atom. The van der Waals surface area contributed by atoms with Crippen LogP contribution in [0, 0.1) is 12.7 Å². The molecule has 0 saturated heterocycles. The molecule has 1 aromatic heterocycles. The summed E-state index contributed by atoms with van der Waals surface area (Å²) in [5.74, 6) is -0.349. The van der Waals surface area contributed by atoms with E-state index in [-0.39, 0.29) is 11.4 Å². The van der Waals surface area contributed by atoms with Gasteiger partial charge in [-0.3, -0.25) is 4.79 Å². The number of nitrogens with zero attached hydrogens (tertiary/aromatic N) is 1. The summed E-state index contributed by atoms with van der Waals surface area (Å²) in [6.45, 7) is 1.96. The summed E-state index contributed by atoms with van der Waals surface area (Å²) in [5.41, 5.74) is 0.962. The number of fused-ring (bicyclic) bond motifs is 1. The molecule has 2 nitrogen and oxygen atoms in total. The van der Waals surface area contributed by atoms with Crippen molar-refractivity contribution in [2.45, 2.75) is 25.8 Å². The van der Waals surface area contributed by atoms with Crippen LogP contribution in [0.5, 0.6) is 0 Å². The molecule has 0 radical (unpaired) electrons. The second-order valence-corrected chi connectivity index (χ2v) is 4.45. The maximum absolute atomic E-state index is 13.1. The number of halogens is 1. The van der Waals surface area contributed by atoms with Gasteiger partial charge in [-0.1, -0.05) is 6.07 Å². The Kier molecular flexibility index (Phi) is 1.90. The van der Waals surface area contributed by atoms with Crippen LogP contribution in [0.15, 0.2) is 29.2 Å². The van der Waals surface area contributed by atoms with E-state index in [0.29, 0.717) is 11.4 Å². The lowest BCUT2D eigenvalue weighted by Crippen LogP contribution is -2.19. The predicted octanol–water partition coefficient (Wildman–Crippen LogP) is 2.78. The van der Waals surface area contributed by atoms with Gasteiger partial charge >= 0.3 is 0 Å². The maximum atomic E-state index is 13.1. The van der Waals surface area contributed by atoms with Crippen molar-refractivity contribution in [2.75, 3.05) is 0 Å². The van der Waals surface area contributed by atoms with Gasteiger partial charge in [0.2, 0.25) is 0 Å². The van der Waals surface area contributed by atoms with Gasteiger partial charge in [-0.25, -0.2) is 4.39 Å². The lowest BCUT2D eigenvalue weighted by atomic mass is 10.1. The first-order chi connectivity index (χ1) is 7.66. The quantitative estimate of drug-likeness (QED) is 0.720. The summed E-state index contributed by atoms with van der Waals surface area (Å²) in [4.78, 5) is 12.1. The van der Waals surface area contributed by atoms with Crippen molar-refractivity contribution in [3.63, 3.8) is 0 Å². The molecule has 82 valence electrons. The van der Waals surface area contributed by atoms with Gasteiger partial charge in [0.15, 0.2) is 0 Å². The second-order valence-electron chi connectivity index (χ2n) is 4.45. The Hall–Kier alpha value is -1.64. The fourth-order valence-electron chi connectivity index (χ4n) is 2.14. The molecule has 0 atom stereocenters. The van der Waals surface area contributed by atoms with Gasteiger partial charge < -0.3 is 4.57 Å². The summed E-state index contributed by atoms with van der Waals surface area (Å²) in [6.07, 6.45) is 4.00. The Bertz CT molecular complexity index is 626. The third-order valence-electron chi connectivity index (χ3n) is 3.14. The molecular formula is C13H12FNO.